The lowest BCUT2D eigenvalue weighted by Crippen LogP contribution is -1.91. The van der Waals surface area contributed by atoms with E-state index in [1.165, 1.54) is 11.1 Å². The lowest BCUT2D eigenvalue weighted by atomic mass is 10.1. The third-order valence-corrected chi connectivity index (χ3v) is 2.08. The minimum atomic E-state index is -1.26. The maximum absolute atomic E-state index is 9.55. The normalized spacial score (nSPS) is 11.8. The summed E-state index contributed by atoms with van der Waals surface area (Å²) in [6.45, 7) is 0. The predicted molar refractivity (Wildman–Crippen MR) is 72.1 cm³/mol. The van der Waals surface area contributed by atoms with Crippen LogP contribution in [0.4, 0.5) is 0 Å². The highest BCUT2D eigenvalue weighted by molar-refractivity contribution is 5.89. The topological polar surface area (TPSA) is 86.6 Å². The number of carboxylic acid groups (broad SMARTS) is 2. The second-order valence-electron chi connectivity index (χ2n) is 3.47. The number of hydrogen-bond acceptors (Lipinski definition) is 3. The Kier molecular flexibility index (Phi) is 5.62. The van der Waals surface area contributed by atoms with Crippen molar-refractivity contribution in [3.63, 3.8) is 0 Å². The zero-order chi connectivity index (χ0) is 14.1. The molecule has 0 atom stereocenters. The number of aliphatic carboxylic acids is 2. The van der Waals surface area contributed by atoms with Gasteiger partial charge >= 0.3 is 11.9 Å². The highest BCUT2D eigenvalue weighted by Crippen LogP contribution is 2.13. The van der Waals surface area contributed by atoms with E-state index in [2.05, 4.69) is 29.6 Å². The molecule has 1 aromatic carbocycles. The van der Waals surface area contributed by atoms with Gasteiger partial charge in [-0.1, -0.05) is 24.3 Å². The Morgan fingerprint density at radius 2 is 1.32 bits per heavy atom. The first-order valence-corrected chi connectivity index (χ1v) is 5.41. The molecule has 98 valence electrons. The van der Waals surface area contributed by atoms with Crippen molar-refractivity contribution < 1.29 is 19.8 Å². The minimum Gasteiger partial charge on any atom is -0.478 e. The molecule has 0 spiro atoms. The van der Waals surface area contributed by atoms with Gasteiger partial charge in [0.15, 0.2) is 0 Å². The van der Waals surface area contributed by atoms with Crippen LogP contribution in [0.25, 0.3) is 12.2 Å². The van der Waals surface area contributed by atoms with Gasteiger partial charge in [-0.05, 0) is 23.3 Å². The molecule has 0 aromatic heterocycles. The molecule has 5 nitrogen and oxygen atoms in total. The zero-order valence-corrected chi connectivity index (χ0v) is 9.98. The van der Waals surface area contributed by atoms with Crippen molar-refractivity contribution in [1.29, 1.82) is 0 Å². The summed E-state index contributed by atoms with van der Waals surface area (Å²) < 4.78 is 0. The molecule has 1 aromatic rings. The van der Waals surface area contributed by atoms with Crippen LogP contribution in [-0.2, 0) is 9.59 Å². The first kappa shape index (κ1) is 14.2. The second kappa shape index (κ2) is 7.50. The van der Waals surface area contributed by atoms with E-state index in [0.717, 1.165) is 0 Å². The van der Waals surface area contributed by atoms with Crippen molar-refractivity contribution in [3.8, 4) is 0 Å². The van der Waals surface area contributed by atoms with Crippen molar-refractivity contribution in [2.75, 3.05) is 0 Å². The number of nitrogens with one attached hydrogen (secondary N) is 1. The molecule has 0 radical (unpaired) electrons. The second-order valence-corrected chi connectivity index (χ2v) is 3.47. The van der Waals surface area contributed by atoms with Crippen LogP contribution in [0.2, 0.25) is 0 Å². The highest BCUT2D eigenvalue weighted by Gasteiger charge is 1.94. The molecular weight excluding hydrogens is 246 g/mol. The van der Waals surface area contributed by atoms with Crippen LogP contribution in [0.3, 0.4) is 0 Å². The molecule has 0 fully saturated rings. The van der Waals surface area contributed by atoms with Gasteiger partial charge in [0.2, 0.25) is 0 Å². The van der Waals surface area contributed by atoms with Crippen molar-refractivity contribution >= 4 is 24.1 Å². The van der Waals surface area contributed by atoms with Gasteiger partial charge in [-0.25, -0.2) is 9.59 Å². The van der Waals surface area contributed by atoms with E-state index in [-0.39, 0.29) is 0 Å². The van der Waals surface area contributed by atoms with Gasteiger partial charge in [0, 0.05) is 24.6 Å². The van der Waals surface area contributed by atoms with Crippen molar-refractivity contribution in [2.24, 2.45) is 0 Å². The van der Waals surface area contributed by atoms with E-state index in [1.54, 1.807) is 0 Å². The fraction of sp³-hybridized carbons (Fsp3) is 0. The fourth-order valence-corrected chi connectivity index (χ4v) is 1.29. The summed E-state index contributed by atoms with van der Waals surface area (Å²) in [6.07, 6.45) is 9.11. The number of benzene rings is 1. The average Bonchev–Trinajstić information content (AvgIpc) is 2.62. The Bertz CT molecular complexity index is 497. The van der Waals surface area contributed by atoms with Gasteiger partial charge in [0.05, 0.1) is 0 Å². The number of rotatable bonds is 2. The smallest absolute Gasteiger partial charge is 0.328 e. The molecule has 2 rings (SSSR count). The number of carboxylic acids is 2. The Hall–Kier alpha value is -2.82. The quantitative estimate of drug-likeness (QED) is 0.706. The van der Waals surface area contributed by atoms with Crippen LogP contribution in [-0.4, -0.2) is 22.2 Å². The van der Waals surface area contributed by atoms with Gasteiger partial charge in [-0.2, -0.15) is 0 Å². The molecule has 3 N–H and O–H groups in total. The third kappa shape index (κ3) is 5.88. The molecule has 1 aliphatic heterocycles. The number of hydrogen-bond donors (Lipinski definition) is 3. The Morgan fingerprint density at radius 3 is 1.68 bits per heavy atom. The molecule has 1 heterocycles. The summed E-state index contributed by atoms with van der Waals surface area (Å²) in [7, 11) is 0. The summed E-state index contributed by atoms with van der Waals surface area (Å²) in [6, 6.07) is 8.29. The zero-order valence-electron chi connectivity index (χ0n) is 9.98. The lowest BCUT2D eigenvalue weighted by Gasteiger charge is -1.95. The fourth-order valence-electron chi connectivity index (χ4n) is 1.29. The molecule has 0 saturated carbocycles. The van der Waals surface area contributed by atoms with Gasteiger partial charge in [0.25, 0.3) is 0 Å². The molecule has 19 heavy (non-hydrogen) atoms. The Labute approximate surface area is 110 Å². The minimum absolute atomic E-state index is 0.558. The van der Waals surface area contributed by atoms with Crippen molar-refractivity contribution in [2.45, 2.75) is 0 Å². The van der Waals surface area contributed by atoms with Crippen LogP contribution in [0.5, 0.6) is 0 Å². The van der Waals surface area contributed by atoms with E-state index in [0.29, 0.717) is 12.2 Å². The van der Waals surface area contributed by atoms with Crippen LogP contribution >= 0.6 is 0 Å². The molecule has 0 saturated heterocycles. The van der Waals surface area contributed by atoms with Crippen molar-refractivity contribution in [3.05, 3.63) is 59.9 Å². The average molecular weight is 259 g/mol. The molecule has 0 amide bonds. The summed E-state index contributed by atoms with van der Waals surface area (Å²) in [5, 5.41) is 18.7. The van der Waals surface area contributed by atoms with E-state index in [4.69, 9.17) is 10.2 Å². The molecule has 5 heteroatoms. The van der Waals surface area contributed by atoms with Crippen LogP contribution in [0, 0.1) is 0 Å². The van der Waals surface area contributed by atoms with E-state index in [9.17, 15) is 9.59 Å². The Balaban J connectivity index is 0.000000203. The van der Waals surface area contributed by atoms with E-state index in [1.807, 2.05) is 24.5 Å². The first-order valence-electron chi connectivity index (χ1n) is 5.41. The van der Waals surface area contributed by atoms with Gasteiger partial charge in [-0.3, -0.25) is 0 Å². The third-order valence-electron chi connectivity index (χ3n) is 2.08. The number of carbonyl (C=O) groups is 2. The molecule has 0 aliphatic carbocycles. The highest BCUT2D eigenvalue weighted by atomic mass is 16.4. The largest absolute Gasteiger partial charge is 0.478 e. The van der Waals surface area contributed by atoms with Crippen LogP contribution < -0.4 is 5.32 Å². The van der Waals surface area contributed by atoms with Gasteiger partial charge in [0.1, 0.15) is 0 Å². The maximum atomic E-state index is 9.55. The first-order chi connectivity index (χ1) is 9.09. The van der Waals surface area contributed by atoms with Gasteiger partial charge in [-0.15, -0.1) is 0 Å². The van der Waals surface area contributed by atoms with Crippen LogP contribution in [0.15, 0.2) is 48.8 Å². The monoisotopic (exact) mass is 259 g/mol. The van der Waals surface area contributed by atoms with Crippen molar-refractivity contribution in [1.82, 2.24) is 5.32 Å². The SMILES string of the molecule is C1=Cc2ccccc2C=CN1.O=C(O)/C=C\C(=O)O. The number of fused-ring (bicyclic) bond motifs is 1. The Morgan fingerprint density at radius 1 is 0.895 bits per heavy atom. The molecule has 0 unspecified atom stereocenters. The van der Waals surface area contributed by atoms with E-state index < -0.39 is 11.9 Å². The molecule has 1 aliphatic rings. The van der Waals surface area contributed by atoms with Crippen LogP contribution in [0.1, 0.15) is 11.1 Å². The molecule has 0 bridgehead atoms. The molecular formula is C14H13NO4. The van der Waals surface area contributed by atoms with Gasteiger partial charge < -0.3 is 15.5 Å². The standard InChI is InChI=1S/C10H9N.C4H4O4/c1-2-4-10-6-8-11-7-5-9(10)3-1;5-3(6)1-2-4(7)8/h1-8,11H;1-2H,(H,5,6)(H,7,8)/b;2-1-. The summed E-state index contributed by atoms with van der Waals surface area (Å²) in [5.74, 6) is -2.51. The maximum Gasteiger partial charge on any atom is 0.328 e. The lowest BCUT2D eigenvalue weighted by molar-refractivity contribution is -0.134. The summed E-state index contributed by atoms with van der Waals surface area (Å²) >= 11 is 0. The summed E-state index contributed by atoms with van der Waals surface area (Å²) in [4.78, 5) is 19.1. The predicted octanol–water partition coefficient (Wildman–Crippen LogP) is 1.94. The van der Waals surface area contributed by atoms with E-state index >= 15 is 0 Å². The summed E-state index contributed by atoms with van der Waals surface area (Å²) in [5.41, 5.74) is 2.52.